The number of nitrogens with zero attached hydrogens (tertiary/aromatic N) is 3. The summed E-state index contributed by atoms with van der Waals surface area (Å²) in [6.07, 6.45) is 1.33. The molecule has 1 saturated heterocycles. The van der Waals surface area contributed by atoms with E-state index in [0.29, 0.717) is 12.2 Å². The Bertz CT molecular complexity index is 388. The molecular formula is C12H18N4O2. The number of morpholine rings is 1. The zero-order valence-electron chi connectivity index (χ0n) is 10.6. The van der Waals surface area contributed by atoms with Crippen molar-refractivity contribution in [1.29, 1.82) is 0 Å². The lowest BCUT2D eigenvalue weighted by molar-refractivity contribution is -0.116. The van der Waals surface area contributed by atoms with Crippen molar-refractivity contribution in [2.45, 2.75) is 19.8 Å². The lowest BCUT2D eigenvalue weighted by Gasteiger charge is -2.27. The lowest BCUT2D eigenvalue weighted by atomic mass is 10.3. The molecule has 1 aromatic rings. The third kappa shape index (κ3) is 3.40. The number of aromatic nitrogens is 2. The van der Waals surface area contributed by atoms with E-state index in [1.165, 1.54) is 0 Å². The van der Waals surface area contributed by atoms with Crippen molar-refractivity contribution in [3.05, 3.63) is 12.1 Å². The standard InChI is InChI=1S/C12H18N4O2/c1-2-3-12(17)13-10-4-5-11(15-14-10)16-6-8-18-9-7-16/h4-5H,2-3,6-9H2,1H3,(H,13,14,17). The van der Waals surface area contributed by atoms with E-state index in [1.54, 1.807) is 6.07 Å². The summed E-state index contributed by atoms with van der Waals surface area (Å²) in [6, 6.07) is 3.66. The number of nitrogens with one attached hydrogen (secondary N) is 1. The Hall–Kier alpha value is -1.69. The first-order valence-corrected chi connectivity index (χ1v) is 6.26. The van der Waals surface area contributed by atoms with Crippen LogP contribution in [0, 0.1) is 0 Å². The first kappa shape index (κ1) is 12.8. The number of carbonyl (C=O) groups is 1. The van der Waals surface area contributed by atoms with Gasteiger partial charge in [0.25, 0.3) is 0 Å². The molecule has 1 aromatic heterocycles. The molecule has 98 valence electrons. The van der Waals surface area contributed by atoms with Crippen molar-refractivity contribution >= 4 is 17.5 Å². The van der Waals surface area contributed by atoms with Gasteiger partial charge in [-0.15, -0.1) is 10.2 Å². The zero-order chi connectivity index (χ0) is 12.8. The van der Waals surface area contributed by atoms with E-state index >= 15 is 0 Å². The first-order valence-electron chi connectivity index (χ1n) is 6.26. The Balaban J connectivity index is 1.94. The summed E-state index contributed by atoms with van der Waals surface area (Å²) >= 11 is 0. The molecule has 1 fully saturated rings. The van der Waals surface area contributed by atoms with Crippen LogP contribution in [0.1, 0.15) is 19.8 Å². The van der Waals surface area contributed by atoms with E-state index in [0.717, 1.165) is 38.5 Å². The highest BCUT2D eigenvalue weighted by Gasteiger charge is 2.12. The van der Waals surface area contributed by atoms with Crippen LogP contribution < -0.4 is 10.2 Å². The minimum absolute atomic E-state index is 0.0223. The number of rotatable bonds is 4. The third-order valence-electron chi connectivity index (χ3n) is 2.73. The van der Waals surface area contributed by atoms with E-state index in [1.807, 2.05) is 13.0 Å². The maximum atomic E-state index is 11.4. The average Bonchev–Trinajstić information content (AvgIpc) is 2.41. The van der Waals surface area contributed by atoms with Gasteiger partial charge in [0, 0.05) is 19.5 Å². The molecule has 0 aromatic carbocycles. The van der Waals surface area contributed by atoms with Crippen LogP contribution >= 0.6 is 0 Å². The Kier molecular flexibility index (Phi) is 4.46. The molecule has 0 atom stereocenters. The van der Waals surface area contributed by atoms with Crippen LogP contribution in [0.4, 0.5) is 11.6 Å². The summed E-state index contributed by atoms with van der Waals surface area (Å²) in [5, 5.41) is 10.9. The molecule has 0 unspecified atom stereocenters. The number of ether oxygens (including phenoxy) is 1. The van der Waals surface area contributed by atoms with Gasteiger partial charge in [0.2, 0.25) is 5.91 Å². The van der Waals surface area contributed by atoms with Crippen molar-refractivity contribution in [2.24, 2.45) is 0 Å². The fourth-order valence-electron chi connectivity index (χ4n) is 1.79. The highest BCUT2D eigenvalue weighted by Crippen LogP contribution is 2.13. The van der Waals surface area contributed by atoms with E-state index in [-0.39, 0.29) is 5.91 Å². The summed E-state index contributed by atoms with van der Waals surface area (Å²) in [5.74, 6) is 1.31. The molecule has 0 radical (unpaired) electrons. The van der Waals surface area contributed by atoms with Crippen molar-refractivity contribution in [2.75, 3.05) is 36.5 Å². The van der Waals surface area contributed by atoms with Gasteiger partial charge in [-0.05, 0) is 18.6 Å². The van der Waals surface area contributed by atoms with Gasteiger partial charge in [-0.2, -0.15) is 0 Å². The Morgan fingerprint density at radius 1 is 1.39 bits per heavy atom. The summed E-state index contributed by atoms with van der Waals surface area (Å²) in [4.78, 5) is 13.5. The average molecular weight is 250 g/mol. The third-order valence-corrected chi connectivity index (χ3v) is 2.73. The van der Waals surface area contributed by atoms with Crippen LogP contribution in [-0.2, 0) is 9.53 Å². The van der Waals surface area contributed by atoms with E-state index in [2.05, 4.69) is 20.4 Å². The first-order chi connectivity index (χ1) is 8.79. The number of amides is 1. The summed E-state index contributed by atoms with van der Waals surface area (Å²) in [7, 11) is 0. The van der Waals surface area contributed by atoms with E-state index in [9.17, 15) is 4.79 Å². The van der Waals surface area contributed by atoms with Crippen LogP contribution in [0.15, 0.2) is 12.1 Å². The predicted octanol–water partition coefficient (Wildman–Crippen LogP) is 1.05. The van der Waals surface area contributed by atoms with Gasteiger partial charge in [0.1, 0.15) is 0 Å². The van der Waals surface area contributed by atoms with Gasteiger partial charge in [-0.1, -0.05) is 6.92 Å². The molecular weight excluding hydrogens is 232 g/mol. The molecule has 1 aliphatic heterocycles. The topological polar surface area (TPSA) is 67.4 Å². The van der Waals surface area contributed by atoms with Crippen molar-refractivity contribution in [3.8, 4) is 0 Å². The molecule has 18 heavy (non-hydrogen) atoms. The maximum Gasteiger partial charge on any atom is 0.225 e. The van der Waals surface area contributed by atoms with Gasteiger partial charge in [-0.3, -0.25) is 4.79 Å². The SMILES string of the molecule is CCCC(=O)Nc1ccc(N2CCOCC2)nn1. The molecule has 0 bridgehead atoms. The number of hydrogen-bond donors (Lipinski definition) is 1. The normalized spacial score (nSPS) is 15.5. The molecule has 1 amide bonds. The molecule has 6 heteroatoms. The second-order valence-electron chi connectivity index (χ2n) is 4.17. The smallest absolute Gasteiger partial charge is 0.225 e. The number of anilines is 2. The van der Waals surface area contributed by atoms with E-state index < -0.39 is 0 Å². The second kappa shape index (κ2) is 6.30. The van der Waals surface area contributed by atoms with Crippen molar-refractivity contribution < 1.29 is 9.53 Å². The Labute approximate surface area is 106 Å². The highest BCUT2D eigenvalue weighted by molar-refractivity contribution is 5.89. The van der Waals surface area contributed by atoms with Gasteiger partial charge < -0.3 is 15.0 Å². The summed E-state index contributed by atoms with van der Waals surface area (Å²) < 4.78 is 5.28. The Morgan fingerprint density at radius 2 is 2.17 bits per heavy atom. The fraction of sp³-hybridized carbons (Fsp3) is 0.583. The molecule has 2 heterocycles. The second-order valence-corrected chi connectivity index (χ2v) is 4.17. The van der Waals surface area contributed by atoms with Crippen LogP contribution in [0.2, 0.25) is 0 Å². The fourth-order valence-corrected chi connectivity index (χ4v) is 1.79. The molecule has 2 rings (SSSR count). The number of hydrogen-bond acceptors (Lipinski definition) is 5. The van der Waals surface area contributed by atoms with Crippen molar-refractivity contribution in [1.82, 2.24) is 10.2 Å². The summed E-state index contributed by atoms with van der Waals surface area (Å²) in [6.45, 7) is 5.06. The highest BCUT2D eigenvalue weighted by atomic mass is 16.5. The summed E-state index contributed by atoms with van der Waals surface area (Å²) in [5.41, 5.74) is 0. The van der Waals surface area contributed by atoms with Crippen LogP contribution in [-0.4, -0.2) is 42.4 Å². The Morgan fingerprint density at radius 3 is 2.78 bits per heavy atom. The van der Waals surface area contributed by atoms with Crippen LogP contribution in [0.5, 0.6) is 0 Å². The minimum Gasteiger partial charge on any atom is -0.378 e. The molecule has 0 saturated carbocycles. The zero-order valence-corrected chi connectivity index (χ0v) is 10.6. The number of carbonyl (C=O) groups excluding carboxylic acids is 1. The predicted molar refractivity (Wildman–Crippen MR) is 68.6 cm³/mol. The van der Waals surface area contributed by atoms with Crippen molar-refractivity contribution in [3.63, 3.8) is 0 Å². The molecule has 0 spiro atoms. The quantitative estimate of drug-likeness (QED) is 0.865. The van der Waals surface area contributed by atoms with Gasteiger partial charge in [0.15, 0.2) is 11.6 Å². The van der Waals surface area contributed by atoms with Crippen LogP contribution in [0.3, 0.4) is 0 Å². The van der Waals surface area contributed by atoms with Gasteiger partial charge >= 0.3 is 0 Å². The minimum atomic E-state index is -0.0223. The molecule has 1 aliphatic rings. The van der Waals surface area contributed by atoms with Gasteiger partial charge in [0.05, 0.1) is 13.2 Å². The molecule has 1 N–H and O–H groups in total. The monoisotopic (exact) mass is 250 g/mol. The van der Waals surface area contributed by atoms with Crippen LogP contribution in [0.25, 0.3) is 0 Å². The molecule has 6 nitrogen and oxygen atoms in total. The van der Waals surface area contributed by atoms with E-state index in [4.69, 9.17) is 4.74 Å². The lowest BCUT2D eigenvalue weighted by Crippen LogP contribution is -2.36. The molecule has 0 aliphatic carbocycles. The maximum absolute atomic E-state index is 11.4. The van der Waals surface area contributed by atoms with Gasteiger partial charge in [-0.25, -0.2) is 0 Å². The largest absolute Gasteiger partial charge is 0.378 e.